The predicted octanol–water partition coefficient (Wildman–Crippen LogP) is 23.4. The zero-order valence-electron chi connectivity index (χ0n) is 53.4. The van der Waals surface area contributed by atoms with Crippen LogP contribution >= 0.6 is 0 Å². The monoisotopic (exact) mass is 1100 g/mol. The molecule has 2 unspecified atom stereocenters. The fourth-order valence-electron chi connectivity index (χ4n) is 11.9. The summed E-state index contributed by atoms with van der Waals surface area (Å²) in [6.45, 7) is 4.99. The van der Waals surface area contributed by atoms with Gasteiger partial charge >= 0.3 is 5.97 Å². The predicted molar refractivity (Wildman–Crippen MR) is 343 cm³/mol. The number of aliphatic hydroxyl groups excluding tert-OH is 2. The Morgan fingerprint density at radius 3 is 0.782 bits per heavy atom. The van der Waals surface area contributed by atoms with Crippen molar-refractivity contribution in [1.29, 1.82) is 0 Å². The molecule has 0 radical (unpaired) electrons. The maximum absolute atomic E-state index is 12.4. The van der Waals surface area contributed by atoms with Gasteiger partial charge in [-0.25, -0.2) is 0 Å². The molecule has 2 atom stereocenters. The summed E-state index contributed by atoms with van der Waals surface area (Å²) < 4.78 is 5.52. The number of rotatable bonds is 69. The molecule has 0 heterocycles. The molecule has 0 fully saturated rings. The molecule has 0 saturated heterocycles. The van der Waals surface area contributed by atoms with Crippen molar-refractivity contribution in [3.8, 4) is 0 Å². The first-order valence-corrected chi connectivity index (χ1v) is 36.3. The fourth-order valence-corrected chi connectivity index (χ4v) is 11.9. The van der Waals surface area contributed by atoms with E-state index in [1.165, 1.54) is 353 Å². The zero-order chi connectivity index (χ0) is 56.4. The minimum Gasteiger partial charge on any atom is -0.466 e. The minimum atomic E-state index is -0.658. The molecule has 0 aliphatic carbocycles. The highest BCUT2D eigenvalue weighted by atomic mass is 16.5. The van der Waals surface area contributed by atoms with Crippen LogP contribution in [0.3, 0.4) is 0 Å². The van der Waals surface area contributed by atoms with E-state index in [2.05, 4.69) is 19.2 Å². The van der Waals surface area contributed by atoms with Crippen molar-refractivity contribution < 1.29 is 24.5 Å². The van der Waals surface area contributed by atoms with E-state index in [1.807, 2.05) is 0 Å². The molecule has 0 saturated carbocycles. The number of hydrogen-bond acceptors (Lipinski definition) is 5. The van der Waals surface area contributed by atoms with E-state index in [4.69, 9.17) is 4.74 Å². The first kappa shape index (κ1) is 76.9. The fraction of sp³-hybridized carbons (Fsp3) is 0.972. The van der Waals surface area contributed by atoms with E-state index in [0.717, 1.165) is 38.5 Å². The lowest BCUT2D eigenvalue weighted by Crippen LogP contribution is -2.45. The number of carbonyl (C=O) groups excluding carboxylic acids is 2. The second-order valence-electron chi connectivity index (χ2n) is 25.3. The quantitative estimate of drug-likeness (QED) is 0.0417. The van der Waals surface area contributed by atoms with Crippen LogP contribution in [0.4, 0.5) is 0 Å². The molecule has 0 aromatic carbocycles. The molecule has 6 heteroatoms. The molecular weight excluding hydrogens is 959 g/mol. The van der Waals surface area contributed by atoms with Crippen LogP contribution in [0.5, 0.6) is 0 Å². The average Bonchev–Trinajstić information content (AvgIpc) is 3.44. The summed E-state index contributed by atoms with van der Waals surface area (Å²) >= 11 is 0. The molecule has 0 aromatic heterocycles. The highest BCUT2D eigenvalue weighted by molar-refractivity contribution is 5.76. The van der Waals surface area contributed by atoms with E-state index in [-0.39, 0.29) is 18.5 Å². The number of amides is 1. The van der Waals surface area contributed by atoms with E-state index < -0.39 is 12.1 Å². The standard InChI is InChI=1S/C72H143NO5/c1-3-5-7-9-11-13-15-16-17-18-37-40-43-46-50-54-58-62-66-72(77)78-67-63-59-55-51-47-44-41-38-35-33-31-29-27-25-23-21-19-20-22-24-26-28-30-32-34-36-39-42-45-49-53-57-61-65-71(76)73-69(68-74)70(75)64-60-56-52-48-14-12-10-8-6-4-2/h69-70,74-75H,3-68H2,1-2H3,(H,73,76). The third-order valence-electron chi connectivity index (χ3n) is 17.4. The Morgan fingerprint density at radius 2 is 0.526 bits per heavy atom. The number of aliphatic hydroxyl groups is 2. The van der Waals surface area contributed by atoms with Crippen LogP contribution in [-0.4, -0.2) is 47.4 Å². The van der Waals surface area contributed by atoms with Gasteiger partial charge in [-0.2, -0.15) is 0 Å². The molecule has 0 aliphatic rings. The topological polar surface area (TPSA) is 95.9 Å². The summed E-state index contributed by atoms with van der Waals surface area (Å²) in [5.41, 5.74) is 0. The second-order valence-corrected chi connectivity index (χ2v) is 25.3. The van der Waals surface area contributed by atoms with Crippen molar-refractivity contribution in [2.24, 2.45) is 0 Å². The molecule has 466 valence electrons. The molecule has 1 amide bonds. The Hall–Kier alpha value is -1.14. The minimum absolute atomic E-state index is 0.0272. The molecule has 0 spiro atoms. The van der Waals surface area contributed by atoms with E-state index in [9.17, 15) is 19.8 Å². The molecule has 0 bridgehead atoms. The van der Waals surface area contributed by atoms with E-state index >= 15 is 0 Å². The Bertz CT molecular complexity index is 1130. The van der Waals surface area contributed by atoms with E-state index in [1.54, 1.807) is 0 Å². The SMILES string of the molecule is CCCCCCCCCCCCCCCCCCCCC(=O)OCCCCCCCCCCCCCCCCCCCCCCCCCCCCCCCCCCCC(=O)NC(CO)C(O)CCCCCCCCCCCC. The lowest BCUT2D eigenvalue weighted by molar-refractivity contribution is -0.143. The third kappa shape index (κ3) is 64.0. The van der Waals surface area contributed by atoms with Gasteiger partial charge in [0.1, 0.15) is 0 Å². The molecular formula is C72H143NO5. The number of unbranched alkanes of at least 4 members (excludes halogenated alkanes) is 58. The van der Waals surface area contributed by atoms with Gasteiger partial charge in [0, 0.05) is 12.8 Å². The van der Waals surface area contributed by atoms with Gasteiger partial charge in [-0.15, -0.1) is 0 Å². The second kappa shape index (κ2) is 68.4. The highest BCUT2D eigenvalue weighted by Crippen LogP contribution is 2.20. The Labute approximate surface area is 489 Å². The van der Waals surface area contributed by atoms with Crippen LogP contribution in [-0.2, 0) is 14.3 Å². The van der Waals surface area contributed by atoms with Gasteiger partial charge in [0.2, 0.25) is 5.91 Å². The first-order valence-electron chi connectivity index (χ1n) is 36.3. The zero-order valence-corrected chi connectivity index (χ0v) is 53.4. The van der Waals surface area contributed by atoms with Crippen LogP contribution in [0.1, 0.15) is 425 Å². The third-order valence-corrected chi connectivity index (χ3v) is 17.4. The van der Waals surface area contributed by atoms with Gasteiger partial charge in [-0.3, -0.25) is 9.59 Å². The Morgan fingerprint density at radius 1 is 0.308 bits per heavy atom. The Balaban J connectivity index is 3.26. The molecule has 6 nitrogen and oxygen atoms in total. The average molecular weight is 1100 g/mol. The number of hydrogen-bond donors (Lipinski definition) is 3. The number of nitrogens with one attached hydrogen (secondary N) is 1. The van der Waals surface area contributed by atoms with Crippen molar-refractivity contribution in [2.45, 2.75) is 437 Å². The molecule has 78 heavy (non-hydrogen) atoms. The van der Waals surface area contributed by atoms with Crippen molar-refractivity contribution in [2.75, 3.05) is 13.2 Å². The summed E-state index contributed by atoms with van der Waals surface area (Å²) in [6.07, 6.45) is 83.3. The largest absolute Gasteiger partial charge is 0.466 e. The summed E-state index contributed by atoms with van der Waals surface area (Å²) in [5, 5.41) is 23.2. The van der Waals surface area contributed by atoms with Gasteiger partial charge in [0.15, 0.2) is 0 Å². The normalized spacial score (nSPS) is 12.4. The molecule has 0 aliphatic heterocycles. The van der Waals surface area contributed by atoms with Crippen molar-refractivity contribution in [3.05, 3.63) is 0 Å². The lowest BCUT2D eigenvalue weighted by atomic mass is 10.0. The first-order chi connectivity index (χ1) is 38.5. The van der Waals surface area contributed by atoms with Crippen LogP contribution < -0.4 is 5.32 Å². The smallest absolute Gasteiger partial charge is 0.305 e. The highest BCUT2D eigenvalue weighted by Gasteiger charge is 2.20. The van der Waals surface area contributed by atoms with Gasteiger partial charge in [0.25, 0.3) is 0 Å². The molecule has 0 rings (SSSR count). The van der Waals surface area contributed by atoms with Crippen LogP contribution in [0, 0.1) is 0 Å². The maximum atomic E-state index is 12.4. The summed E-state index contributed by atoms with van der Waals surface area (Å²) in [7, 11) is 0. The Kier molecular flexibility index (Phi) is 67.4. The van der Waals surface area contributed by atoms with Gasteiger partial charge < -0.3 is 20.3 Å². The number of esters is 1. The summed E-state index contributed by atoms with van der Waals surface area (Å²) in [6, 6.07) is -0.535. The van der Waals surface area contributed by atoms with Crippen LogP contribution in [0.15, 0.2) is 0 Å². The molecule has 0 aromatic rings. The lowest BCUT2D eigenvalue weighted by Gasteiger charge is -2.22. The maximum Gasteiger partial charge on any atom is 0.305 e. The summed E-state index contributed by atoms with van der Waals surface area (Å²) in [5.74, 6) is -0.00189. The van der Waals surface area contributed by atoms with Gasteiger partial charge in [0.05, 0.1) is 25.4 Å². The summed E-state index contributed by atoms with van der Waals surface area (Å²) in [4.78, 5) is 24.6. The van der Waals surface area contributed by atoms with Crippen LogP contribution in [0.2, 0.25) is 0 Å². The van der Waals surface area contributed by atoms with Crippen LogP contribution in [0.25, 0.3) is 0 Å². The number of carbonyl (C=O) groups is 2. The number of ether oxygens (including phenoxy) is 1. The van der Waals surface area contributed by atoms with Crippen molar-refractivity contribution >= 4 is 11.9 Å². The van der Waals surface area contributed by atoms with Crippen molar-refractivity contribution in [3.63, 3.8) is 0 Å². The van der Waals surface area contributed by atoms with Crippen molar-refractivity contribution in [1.82, 2.24) is 5.32 Å². The van der Waals surface area contributed by atoms with Gasteiger partial charge in [-0.05, 0) is 25.7 Å². The van der Waals surface area contributed by atoms with Gasteiger partial charge in [-0.1, -0.05) is 386 Å². The van der Waals surface area contributed by atoms with E-state index in [0.29, 0.717) is 25.9 Å². The molecule has 3 N–H and O–H groups in total.